The smallest absolute Gasteiger partial charge is 0.182 e. The normalized spacial score (nSPS) is 19.4. The van der Waals surface area contributed by atoms with Gasteiger partial charge in [-0.15, -0.1) is 0 Å². The third-order valence-corrected chi connectivity index (χ3v) is 5.19. The zero-order valence-corrected chi connectivity index (χ0v) is 16.8. The molecule has 2 aliphatic heterocycles. The summed E-state index contributed by atoms with van der Waals surface area (Å²) in [4.78, 5) is 4.49. The Morgan fingerprint density at radius 3 is 2.12 bits per heavy atom. The Bertz CT molecular complexity index is 548. The molecule has 5 heteroatoms. The van der Waals surface area contributed by atoms with Crippen molar-refractivity contribution in [1.82, 2.24) is 10.2 Å². The van der Waals surface area contributed by atoms with Crippen LogP contribution in [0.2, 0.25) is 0 Å². The molecule has 0 amide bonds. The van der Waals surface area contributed by atoms with E-state index in [1.807, 2.05) is 18.7 Å². The molecule has 2 saturated heterocycles. The van der Waals surface area contributed by atoms with E-state index in [4.69, 9.17) is 0 Å². The average Bonchev–Trinajstić information content (AvgIpc) is 2.65. The number of hydrogen-bond donors (Lipinski definition) is 1. The summed E-state index contributed by atoms with van der Waals surface area (Å²) in [6, 6.07) is 4.12. The van der Waals surface area contributed by atoms with Crippen molar-refractivity contribution in [1.29, 1.82) is 0 Å². The molecule has 0 spiro atoms. The van der Waals surface area contributed by atoms with Crippen molar-refractivity contribution in [3.8, 4) is 0 Å². The van der Waals surface area contributed by atoms with Crippen molar-refractivity contribution in [3.05, 3.63) is 29.3 Å². The van der Waals surface area contributed by atoms with Gasteiger partial charge in [-0.1, -0.05) is 40.2 Å². The average molecular weight is 368 g/mol. The Kier molecular flexibility index (Phi) is 8.29. The highest BCUT2D eigenvalue weighted by molar-refractivity contribution is 5.50. The molecule has 148 valence electrons. The molecule has 2 aliphatic rings. The molecule has 0 saturated carbocycles. The number of piperidine rings is 1. The summed E-state index contributed by atoms with van der Waals surface area (Å²) in [6.07, 6.45) is 3.62. The molecule has 1 aromatic carbocycles. The molecule has 0 aromatic heterocycles. The van der Waals surface area contributed by atoms with E-state index in [1.165, 1.54) is 19.3 Å². The molecular weight excluding hydrogens is 332 g/mol. The minimum atomic E-state index is -0.688. The molecule has 0 atom stereocenters. The summed E-state index contributed by atoms with van der Waals surface area (Å²) in [6.45, 7) is 13.6. The third-order valence-electron chi connectivity index (χ3n) is 5.19. The summed E-state index contributed by atoms with van der Waals surface area (Å²) in [7, 11) is 0. The summed E-state index contributed by atoms with van der Waals surface area (Å²) in [5.74, 6) is -1.37. The lowest BCUT2D eigenvalue weighted by Crippen LogP contribution is -2.53. The molecule has 0 radical (unpaired) electrons. The van der Waals surface area contributed by atoms with Crippen LogP contribution in [0.15, 0.2) is 12.1 Å². The quantitative estimate of drug-likeness (QED) is 0.855. The van der Waals surface area contributed by atoms with Gasteiger partial charge >= 0.3 is 0 Å². The standard InChI is InChI=1S/C18H27F2N3.C3H8/c1-13(2)15-3-4-16(18(20)17(15)19)23-11-9-22(10-12-23)14-5-7-21-8-6-14;1-3-2/h3-4,13-14,21H,5-12H2,1-2H3;3H2,1-2H3. The molecular formula is C21H35F2N3. The lowest BCUT2D eigenvalue weighted by molar-refractivity contribution is 0.153. The van der Waals surface area contributed by atoms with E-state index in [1.54, 1.807) is 12.1 Å². The molecule has 3 nitrogen and oxygen atoms in total. The van der Waals surface area contributed by atoms with Crippen LogP contribution in [0.25, 0.3) is 0 Å². The van der Waals surface area contributed by atoms with Gasteiger partial charge in [0.25, 0.3) is 0 Å². The van der Waals surface area contributed by atoms with Gasteiger partial charge in [-0.25, -0.2) is 8.78 Å². The first-order chi connectivity index (χ1) is 12.5. The lowest BCUT2D eigenvalue weighted by Gasteiger charge is -2.41. The maximum absolute atomic E-state index is 14.4. The highest BCUT2D eigenvalue weighted by Crippen LogP contribution is 2.29. The van der Waals surface area contributed by atoms with Gasteiger partial charge in [0.15, 0.2) is 11.6 Å². The number of nitrogens with zero attached hydrogens (tertiary/aromatic N) is 2. The first-order valence-electron chi connectivity index (χ1n) is 10.2. The zero-order valence-electron chi connectivity index (χ0n) is 16.8. The predicted octanol–water partition coefficient (Wildman–Crippen LogP) is 4.38. The Morgan fingerprint density at radius 2 is 1.58 bits per heavy atom. The van der Waals surface area contributed by atoms with E-state index in [-0.39, 0.29) is 5.92 Å². The molecule has 2 fully saturated rings. The minimum absolute atomic E-state index is 0.00434. The van der Waals surface area contributed by atoms with E-state index in [0.717, 1.165) is 39.3 Å². The van der Waals surface area contributed by atoms with Crippen LogP contribution in [0.5, 0.6) is 0 Å². The van der Waals surface area contributed by atoms with Gasteiger partial charge in [0, 0.05) is 32.2 Å². The number of rotatable bonds is 3. The molecule has 2 heterocycles. The van der Waals surface area contributed by atoms with E-state index < -0.39 is 11.6 Å². The van der Waals surface area contributed by atoms with Crippen molar-refractivity contribution in [3.63, 3.8) is 0 Å². The molecule has 26 heavy (non-hydrogen) atoms. The van der Waals surface area contributed by atoms with Crippen molar-refractivity contribution < 1.29 is 8.78 Å². The molecule has 3 rings (SSSR count). The fourth-order valence-electron chi connectivity index (χ4n) is 3.74. The minimum Gasteiger partial charge on any atom is -0.367 e. The Labute approximate surface area is 157 Å². The van der Waals surface area contributed by atoms with E-state index in [0.29, 0.717) is 17.3 Å². The van der Waals surface area contributed by atoms with Gasteiger partial charge in [-0.05, 0) is 43.5 Å². The van der Waals surface area contributed by atoms with Crippen LogP contribution in [0, 0.1) is 11.6 Å². The van der Waals surface area contributed by atoms with E-state index in [9.17, 15) is 8.78 Å². The van der Waals surface area contributed by atoms with Crippen LogP contribution < -0.4 is 10.2 Å². The summed E-state index contributed by atoms with van der Waals surface area (Å²) in [5, 5.41) is 3.39. The maximum atomic E-state index is 14.4. The summed E-state index contributed by atoms with van der Waals surface area (Å²) >= 11 is 0. The number of halogens is 2. The number of piperazine rings is 1. The molecule has 1 N–H and O–H groups in total. The van der Waals surface area contributed by atoms with Gasteiger partial charge in [-0.3, -0.25) is 4.90 Å². The van der Waals surface area contributed by atoms with Crippen LogP contribution >= 0.6 is 0 Å². The van der Waals surface area contributed by atoms with Crippen LogP contribution in [-0.4, -0.2) is 50.2 Å². The molecule has 1 aromatic rings. The molecule has 0 bridgehead atoms. The summed E-state index contributed by atoms with van der Waals surface area (Å²) < 4.78 is 28.6. The Balaban J connectivity index is 0.000000758. The topological polar surface area (TPSA) is 18.5 Å². The van der Waals surface area contributed by atoms with Gasteiger partial charge in [0.1, 0.15) is 0 Å². The van der Waals surface area contributed by atoms with Crippen molar-refractivity contribution in [2.75, 3.05) is 44.2 Å². The van der Waals surface area contributed by atoms with Gasteiger partial charge in [0.2, 0.25) is 0 Å². The van der Waals surface area contributed by atoms with Crippen LogP contribution in [0.4, 0.5) is 14.5 Å². The monoisotopic (exact) mass is 367 g/mol. The largest absolute Gasteiger partial charge is 0.367 e. The first kappa shape index (κ1) is 21.1. The maximum Gasteiger partial charge on any atom is 0.182 e. The second-order valence-corrected chi connectivity index (χ2v) is 7.67. The highest BCUT2D eigenvalue weighted by Gasteiger charge is 2.27. The second-order valence-electron chi connectivity index (χ2n) is 7.67. The molecule has 0 unspecified atom stereocenters. The number of anilines is 1. The number of benzene rings is 1. The van der Waals surface area contributed by atoms with Crippen molar-refractivity contribution in [2.45, 2.75) is 58.9 Å². The Morgan fingerprint density at radius 1 is 1.00 bits per heavy atom. The van der Waals surface area contributed by atoms with Crippen molar-refractivity contribution in [2.24, 2.45) is 0 Å². The first-order valence-corrected chi connectivity index (χ1v) is 10.2. The summed E-state index contributed by atoms with van der Waals surface area (Å²) in [5.41, 5.74) is 0.872. The van der Waals surface area contributed by atoms with Gasteiger partial charge < -0.3 is 10.2 Å². The zero-order chi connectivity index (χ0) is 19.1. The SMILES string of the molecule is CC(C)c1ccc(N2CCN(C3CCNCC3)CC2)c(F)c1F.CCC. The lowest BCUT2D eigenvalue weighted by atomic mass is 10.0. The van der Waals surface area contributed by atoms with Crippen LogP contribution in [0.3, 0.4) is 0 Å². The highest BCUT2D eigenvalue weighted by atomic mass is 19.2. The van der Waals surface area contributed by atoms with Crippen LogP contribution in [0.1, 0.15) is 58.4 Å². The predicted molar refractivity (Wildman–Crippen MR) is 106 cm³/mol. The second kappa shape index (κ2) is 10.2. The third kappa shape index (κ3) is 5.17. The fraction of sp³-hybridized carbons (Fsp3) is 0.714. The van der Waals surface area contributed by atoms with Crippen molar-refractivity contribution >= 4 is 5.69 Å². The number of hydrogen-bond acceptors (Lipinski definition) is 3. The fourth-order valence-corrected chi connectivity index (χ4v) is 3.74. The van der Waals surface area contributed by atoms with Gasteiger partial charge in [0.05, 0.1) is 5.69 Å². The van der Waals surface area contributed by atoms with Gasteiger partial charge in [-0.2, -0.15) is 0 Å². The number of nitrogens with one attached hydrogen (secondary N) is 1. The Hall–Kier alpha value is -1.20. The van der Waals surface area contributed by atoms with E-state index >= 15 is 0 Å². The van der Waals surface area contributed by atoms with E-state index in [2.05, 4.69) is 24.1 Å². The molecule has 0 aliphatic carbocycles. The van der Waals surface area contributed by atoms with Crippen LogP contribution in [-0.2, 0) is 0 Å².